The number of hydrogen-bond acceptors (Lipinski definition) is 0. The highest BCUT2D eigenvalue weighted by atomic mass is 31.1. The van der Waals surface area contributed by atoms with E-state index in [0.717, 1.165) is 17.8 Å². The SMILES string of the molecule is CC(C)(C)CP=CC12CC3CC(CC(C3)C1)C2. The molecule has 0 aromatic rings. The third-order valence-electron chi connectivity index (χ3n) is 5.02. The van der Waals surface area contributed by atoms with Gasteiger partial charge in [0.15, 0.2) is 0 Å². The molecule has 0 saturated heterocycles. The van der Waals surface area contributed by atoms with Gasteiger partial charge in [-0.25, -0.2) is 0 Å². The number of hydrogen-bond donors (Lipinski definition) is 0. The fraction of sp³-hybridized carbons (Fsp3) is 0.938. The van der Waals surface area contributed by atoms with Crippen LogP contribution in [0.25, 0.3) is 0 Å². The van der Waals surface area contributed by atoms with E-state index in [9.17, 15) is 0 Å². The van der Waals surface area contributed by atoms with Gasteiger partial charge < -0.3 is 0 Å². The highest BCUT2D eigenvalue weighted by molar-refractivity contribution is 7.38. The standard InChI is InChI=1S/C16H27P/c1-15(2,3)10-17-11-16-7-12-4-13(8-16)6-14(5-12)9-16/h11-14H,4-10H2,1-3H3. The highest BCUT2D eigenvalue weighted by Gasteiger charge is 2.49. The zero-order valence-electron chi connectivity index (χ0n) is 11.7. The molecular weight excluding hydrogens is 223 g/mol. The molecule has 4 bridgehead atoms. The fourth-order valence-corrected chi connectivity index (χ4v) is 6.19. The second-order valence-corrected chi connectivity index (χ2v) is 9.25. The molecule has 4 fully saturated rings. The normalized spacial score (nSPS) is 44.8. The van der Waals surface area contributed by atoms with E-state index in [-0.39, 0.29) is 0 Å². The average Bonchev–Trinajstić information content (AvgIpc) is 2.11. The van der Waals surface area contributed by atoms with E-state index in [1.54, 1.807) is 27.5 Å². The second-order valence-electron chi connectivity index (χ2n) is 8.31. The molecule has 4 aliphatic rings. The lowest BCUT2D eigenvalue weighted by Gasteiger charge is -2.55. The van der Waals surface area contributed by atoms with Crippen molar-refractivity contribution in [3.63, 3.8) is 0 Å². The van der Waals surface area contributed by atoms with Gasteiger partial charge in [-0.3, -0.25) is 0 Å². The van der Waals surface area contributed by atoms with E-state index in [1.165, 1.54) is 25.4 Å². The monoisotopic (exact) mass is 250 g/mol. The molecule has 4 rings (SSSR count). The van der Waals surface area contributed by atoms with Crippen LogP contribution in [0.5, 0.6) is 0 Å². The van der Waals surface area contributed by atoms with E-state index in [1.807, 2.05) is 0 Å². The molecule has 0 atom stereocenters. The van der Waals surface area contributed by atoms with Crippen LogP contribution in [0.15, 0.2) is 0 Å². The van der Waals surface area contributed by atoms with Gasteiger partial charge in [0, 0.05) is 0 Å². The van der Waals surface area contributed by atoms with Crippen LogP contribution in [-0.4, -0.2) is 12.0 Å². The topological polar surface area (TPSA) is 0 Å². The molecule has 0 radical (unpaired) electrons. The van der Waals surface area contributed by atoms with Gasteiger partial charge in [0.05, 0.1) is 0 Å². The molecule has 0 N–H and O–H groups in total. The first kappa shape index (κ1) is 12.2. The third-order valence-corrected chi connectivity index (χ3v) is 6.88. The summed E-state index contributed by atoms with van der Waals surface area (Å²) in [6.45, 7) is 7.11. The lowest BCUT2D eigenvalue weighted by Crippen LogP contribution is -2.46. The lowest BCUT2D eigenvalue weighted by molar-refractivity contribution is -0.00856. The van der Waals surface area contributed by atoms with E-state index >= 15 is 0 Å². The molecule has 4 aliphatic carbocycles. The Morgan fingerprint density at radius 3 is 1.88 bits per heavy atom. The van der Waals surface area contributed by atoms with Crippen molar-refractivity contribution in [2.24, 2.45) is 28.6 Å². The Morgan fingerprint density at radius 2 is 1.47 bits per heavy atom. The first-order valence-corrected chi connectivity index (χ1v) is 8.60. The van der Waals surface area contributed by atoms with Crippen LogP contribution >= 0.6 is 8.20 Å². The molecule has 0 amide bonds. The van der Waals surface area contributed by atoms with Crippen LogP contribution in [0, 0.1) is 28.6 Å². The van der Waals surface area contributed by atoms with Gasteiger partial charge in [-0.1, -0.05) is 26.6 Å². The maximum Gasteiger partial charge on any atom is -0.00603 e. The summed E-state index contributed by atoms with van der Waals surface area (Å²) in [6.07, 6.45) is 10.7. The van der Waals surface area contributed by atoms with Crippen LogP contribution in [0.2, 0.25) is 0 Å². The Bertz CT molecular complexity index is 286. The van der Waals surface area contributed by atoms with Crippen molar-refractivity contribution in [1.29, 1.82) is 0 Å². The van der Waals surface area contributed by atoms with Crippen molar-refractivity contribution in [2.75, 3.05) is 6.16 Å². The van der Waals surface area contributed by atoms with Gasteiger partial charge in [-0.05, 0) is 73.3 Å². The van der Waals surface area contributed by atoms with Crippen LogP contribution in [-0.2, 0) is 0 Å². The Kier molecular flexibility index (Phi) is 2.94. The summed E-state index contributed by atoms with van der Waals surface area (Å²) < 4.78 is 0. The van der Waals surface area contributed by atoms with Crippen molar-refractivity contribution in [1.82, 2.24) is 0 Å². The van der Waals surface area contributed by atoms with Gasteiger partial charge in [-0.15, -0.1) is 8.20 Å². The van der Waals surface area contributed by atoms with Crippen molar-refractivity contribution < 1.29 is 0 Å². The van der Waals surface area contributed by atoms with Crippen LogP contribution in [0.3, 0.4) is 0 Å². The summed E-state index contributed by atoms with van der Waals surface area (Å²) >= 11 is 0. The highest BCUT2D eigenvalue weighted by Crippen LogP contribution is 2.59. The molecule has 0 aromatic heterocycles. The largest absolute Gasteiger partial charge is 0.108 e. The zero-order valence-corrected chi connectivity index (χ0v) is 12.6. The maximum absolute atomic E-state index is 2.74. The maximum atomic E-state index is 2.74. The summed E-state index contributed by atoms with van der Waals surface area (Å²) in [5, 5.41) is 0. The molecular formula is C16H27P. The van der Waals surface area contributed by atoms with Crippen molar-refractivity contribution >= 4 is 14.0 Å². The second kappa shape index (κ2) is 4.09. The Morgan fingerprint density at radius 1 is 1.00 bits per heavy atom. The smallest absolute Gasteiger partial charge is 0.00603 e. The van der Waals surface area contributed by atoms with Gasteiger partial charge in [0.2, 0.25) is 0 Å². The van der Waals surface area contributed by atoms with Gasteiger partial charge in [0.25, 0.3) is 0 Å². The molecule has 0 spiro atoms. The van der Waals surface area contributed by atoms with Gasteiger partial charge >= 0.3 is 0 Å². The summed E-state index contributed by atoms with van der Waals surface area (Å²) in [5.41, 5.74) is 1.18. The van der Waals surface area contributed by atoms with Crippen LogP contribution in [0.4, 0.5) is 0 Å². The summed E-state index contributed by atoms with van der Waals surface area (Å²) in [6, 6.07) is 0. The van der Waals surface area contributed by atoms with Gasteiger partial charge in [-0.2, -0.15) is 0 Å². The molecule has 0 aromatic carbocycles. The predicted molar refractivity (Wildman–Crippen MR) is 77.9 cm³/mol. The first-order valence-electron chi connectivity index (χ1n) is 7.45. The Labute approximate surface area is 108 Å². The Hall–Kier alpha value is 0.170. The van der Waals surface area contributed by atoms with E-state index in [4.69, 9.17) is 0 Å². The first-order chi connectivity index (χ1) is 7.94. The minimum atomic E-state index is 0.500. The molecule has 0 nitrogen and oxygen atoms in total. The van der Waals surface area contributed by atoms with Crippen molar-refractivity contribution in [3.8, 4) is 0 Å². The van der Waals surface area contributed by atoms with E-state index < -0.39 is 0 Å². The molecule has 0 heterocycles. The number of rotatable bonds is 2. The average molecular weight is 250 g/mol. The predicted octanol–water partition coefficient (Wildman–Crippen LogP) is 5.00. The summed E-state index contributed by atoms with van der Waals surface area (Å²) in [4.78, 5) is 0. The third kappa shape index (κ3) is 2.62. The lowest BCUT2D eigenvalue weighted by atomic mass is 9.50. The molecule has 1 heteroatoms. The molecule has 4 saturated carbocycles. The van der Waals surface area contributed by atoms with E-state index in [0.29, 0.717) is 10.8 Å². The minimum Gasteiger partial charge on any atom is -0.108 e. The minimum absolute atomic E-state index is 0.500. The zero-order chi connectivity index (χ0) is 12.1. The summed E-state index contributed by atoms with van der Waals surface area (Å²) in [7, 11) is 1.61. The molecule has 17 heavy (non-hydrogen) atoms. The Balaban J connectivity index is 1.70. The van der Waals surface area contributed by atoms with Crippen LogP contribution < -0.4 is 0 Å². The van der Waals surface area contributed by atoms with Crippen molar-refractivity contribution in [2.45, 2.75) is 59.3 Å². The quantitative estimate of drug-likeness (QED) is 0.605. The molecule has 0 unspecified atom stereocenters. The molecule has 96 valence electrons. The van der Waals surface area contributed by atoms with Crippen molar-refractivity contribution in [3.05, 3.63) is 0 Å². The summed E-state index contributed by atoms with van der Waals surface area (Å²) in [5.74, 6) is 6.04. The van der Waals surface area contributed by atoms with Gasteiger partial charge in [0.1, 0.15) is 0 Å². The fourth-order valence-electron chi connectivity index (χ4n) is 4.85. The van der Waals surface area contributed by atoms with E-state index in [2.05, 4.69) is 26.6 Å². The molecule has 0 aliphatic heterocycles. The van der Waals surface area contributed by atoms with Crippen LogP contribution in [0.1, 0.15) is 59.3 Å².